The van der Waals surface area contributed by atoms with Crippen LogP contribution in [0.3, 0.4) is 0 Å². The fourth-order valence-corrected chi connectivity index (χ4v) is 1.44. The van der Waals surface area contributed by atoms with E-state index in [4.69, 9.17) is 16.2 Å². The van der Waals surface area contributed by atoms with Crippen molar-refractivity contribution in [2.45, 2.75) is 0 Å². The number of hydrogen-bond acceptors (Lipinski definition) is 3. The summed E-state index contributed by atoms with van der Waals surface area (Å²) in [5.41, 5.74) is 11.6. The van der Waals surface area contributed by atoms with Gasteiger partial charge in [0.05, 0.1) is 5.56 Å². The lowest BCUT2D eigenvalue weighted by molar-refractivity contribution is 0.0998. The van der Waals surface area contributed by atoms with Crippen LogP contribution in [0.1, 0.15) is 10.4 Å². The molecule has 1 amide bonds. The summed E-state index contributed by atoms with van der Waals surface area (Å²) in [6.45, 7) is 0. The smallest absolute Gasteiger partial charge is 0.252 e. The van der Waals surface area contributed by atoms with Crippen LogP contribution in [0.15, 0.2) is 48.5 Å². The highest BCUT2D eigenvalue weighted by atomic mass is 16.5. The minimum absolute atomic E-state index is 0.272. The van der Waals surface area contributed by atoms with Gasteiger partial charge < -0.3 is 16.2 Å². The minimum Gasteiger partial charge on any atom is -0.457 e. The zero-order valence-electron chi connectivity index (χ0n) is 9.09. The molecular weight excluding hydrogens is 216 g/mol. The van der Waals surface area contributed by atoms with Gasteiger partial charge in [0.15, 0.2) is 0 Å². The lowest BCUT2D eigenvalue weighted by atomic mass is 10.1. The van der Waals surface area contributed by atoms with Gasteiger partial charge in [-0.25, -0.2) is 0 Å². The summed E-state index contributed by atoms with van der Waals surface area (Å²) < 4.78 is 5.57. The Labute approximate surface area is 98.8 Å². The van der Waals surface area contributed by atoms with E-state index in [1.54, 1.807) is 24.3 Å². The van der Waals surface area contributed by atoms with E-state index in [-0.39, 0.29) is 5.56 Å². The summed E-state index contributed by atoms with van der Waals surface area (Å²) in [5.74, 6) is 0.473. The van der Waals surface area contributed by atoms with Crippen LogP contribution >= 0.6 is 0 Å². The molecule has 0 unspecified atom stereocenters. The summed E-state index contributed by atoms with van der Waals surface area (Å²) in [4.78, 5) is 11.3. The molecule has 0 aliphatic rings. The molecule has 0 bridgehead atoms. The lowest BCUT2D eigenvalue weighted by Crippen LogP contribution is -2.12. The fraction of sp³-hybridized carbons (Fsp3) is 0. The maximum atomic E-state index is 11.3. The van der Waals surface area contributed by atoms with Crippen molar-refractivity contribution in [2.24, 2.45) is 5.73 Å². The summed E-state index contributed by atoms with van der Waals surface area (Å²) in [5, 5.41) is 0. The van der Waals surface area contributed by atoms with E-state index in [9.17, 15) is 4.79 Å². The van der Waals surface area contributed by atoms with Gasteiger partial charge in [-0.15, -0.1) is 0 Å². The Balaban J connectivity index is 2.36. The number of rotatable bonds is 3. The van der Waals surface area contributed by atoms with Crippen LogP contribution in [-0.4, -0.2) is 5.91 Å². The van der Waals surface area contributed by atoms with Crippen molar-refractivity contribution in [1.29, 1.82) is 0 Å². The van der Waals surface area contributed by atoms with Gasteiger partial charge in [-0.3, -0.25) is 4.79 Å². The second-order valence-electron chi connectivity index (χ2n) is 3.53. The standard InChI is InChI=1S/C13H12N2O2/c14-9-6-7-12(11(8-9)13(15)16)17-10-4-2-1-3-5-10/h1-8H,14H2,(H2,15,16). The van der Waals surface area contributed by atoms with Crippen LogP contribution in [0.25, 0.3) is 0 Å². The maximum absolute atomic E-state index is 11.3. The van der Waals surface area contributed by atoms with Crippen molar-refractivity contribution in [3.05, 3.63) is 54.1 Å². The molecule has 0 fully saturated rings. The van der Waals surface area contributed by atoms with Gasteiger partial charge in [0.25, 0.3) is 5.91 Å². The van der Waals surface area contributed by atoms with Crippen LogP contribution in [0.5, 0.6) is 11.5 Å². The number of amides is 1. The van der Waals surface area contributed by atoms with Crippen molar-refractivity contribution in [2.75, 3.05) is 5.73 Å². The molecule has 86 valence electrons. The van der Waals surface area contributed by atoms with E-state index >= 15 is 0 Å². The zero-order chi connectivity index (χ0) is 12.3. The number of primary amides is 1. The number of para-hydroxylation sites is 1. The molecule has 4 nitrogen and oxygen atoms in total. The third-order valence-electron chi connectivity index (χ3n) is 2.24. The summed E-state index contributed by atoms with van der Waals surface area (Å²) in [7, 11) is 0. The Morgan fingerprint density at radius 1 is 1.06 bits per heavy atom. The zero-order valence-corrected chi connectivity index (χ0v) is 9.09. The molecule has 17 heavy (non-hydrogen) atoms. The van der Waals surface area contributed by atoms with Gasteiger partial charge in [0.2, 0.25) is 0 Å². The first kappa shape index (κ1) is 11.0. The number of anilines is 1. The van der Waals surface area contributed by atoms with Gasteiger partial charge in [-0.05, 0) is 30.3 Å². The Kier molecular flexibility index (Phi) is 2.96. The van der Waals surface area contributed by atoms with Crippen LogP contribution in [0, 0.1) is 0 Å². The molecule has 0 heterocycles. The summed E-state index contributed by atoms with van der Waals surface area (Å²) in [6.07, 6.45) is 0. The second kappa shape index (κ2) is 4.57. The normalized spacial score (nSPS) is 9.88. The Hall–Kier alpha value is -2.49. The average Bonchev–Trinajstić information content (AvgIpc) is 2.32. The first-order chi connectivity index (χ1) is 8.16. The SMILES string of the molecule is NC(=O)c1cc(N)ccc1Oc1ccccc1. The van der Waals surface area contributed by atoms with E-state index in [1.165, 1.54) is 6.07 Å². The minimum atomic E-state index is -0.566. The van der Waals surface area contributed by atoms with Crippen molar-refractivity contribution < 1.29 is 9.53 Å². The van der Waals surface area contributed by atoms with Gasteiger partial charge in [-0.1, -0.05) is 18.2 Å². The van der Waals surface area contributed by atoms with E-state index in [0.717, 1.165) is 0 Å². The van der Waals surface area contributed by atoms with Crippen molar-refractivity contribution in [3.8, 4) is 11.5 Å². The van der Waals surface area contributed by atoms with E-state index in [1.807, 2.05) is 18.2 Å². The molecule has 0 aromatic heterocycles. The molecule has 4 heteroatoms. The highest BCUT2D eigenvalue weighted by Gasteiger charge is 2.10. The molecule has 2 rings (SSSR count). The van der Waals surface area contributed by atoms with E-state index < -0.39 is 5.91 Å². The molecular formula is C13H12N2O2. The van der Waals surface area contributed by atoms with Gasteiger partial charge >= 0.3 is 0 Å². The lowest BCUT2D eigenvalue weighted by Gasteiger charge is -2.09. The van der Waals surface area contributed by atoms with Crippen molar-refractivity contribution in [1.82, 2.24) is 0 Å². The number of benzene rings is 2. The highest BCUT2D eigenvalue weighted by Crippen LogP contribution is 2.26. The number of nitrogens with two attached hydrogens (primary N) is 2. The second-order valence-corrected chi connectivity index (χ2v) is 3.53. The van der Waals surface area contributed by atoms with Crippen LogP contribution < -0.4 is 16.2 Å². The third-order valence-corrected chi connectivity index (χ3v) is 2.24. The van der Waals surface area contributed by atoms with Crippen molar-refractivity contribution >= 4 is 11.6 Å². The average molecular weight is 228 g/mol. The topological polar surface area (TPSA) is 78.3 Å². The van der Waals surface area contributed by atoms with Gasteiger partial charge in [-0.2, -0.15) is 0 Å². The monoisotopic (exact) mass is 228 g/mol. The molecule has 4 N–H and O–H groups in total. The van der Waals surface area contributed by atoms with E-state index in [2.05, 4.69) is 0 Å². The number of carbonyl (C=O) groups excluding carboxylic acids is 1. The highest BCUT2D eigenvalue weighted by molar-refractivity contribution is 5.96. The maximum Gasteiger partial charge on any atom is 0.252 e. The molecule has 0 atom stereocenters. The molecule has 0 saturated heterocycles. The van der Waals surface area contributed by atoms with Gasteiger partial charge in [0, 0.05) is 5.69 Å². The van der Waals surface area contributed by atoms with Crippen LogP contribution in [0.4, 0.5) is 5.69 Å². The Morgan fingerprint density at radius 3 is 2.41 bits per heavy atom. The quantitative estimate of drug-likeness (QED) is 0.790. The van der Waals surface area contributed by atoms with Crippen LogP contribution in [0.2, 0.25) is 0 Å². The summed E-state index contributed by atoms with van der Waals surface area (Å²) >= 11 is 0. The molecule has 0 radical (unpaired) electrons. The predicted molar refractivity (Wildman–Crippen MR) is 65.9 cm³/mol. The molecule has 0 saturated carbocycles. The number of ether oxygens (including phenoxy) is 1. The molecule has 0 spiro atoms. The molecule has 2 aromatic carbocycles. The Bertz CT molecular complexity index is 538. The van der Waals surface area contributed by atoms with Gasteiger partial charge in [0.1, 0.15) is 11.5 Å². The molecule has 2 aromatic rings. The number of hydrogen-bond donors (Lipinski definition) is 2. The summed E-state index contributed by atoms with van der Waals surface area (Å²) in [6, 6.07) is 13.9. The number of carbonyl (C=O) groups is 1. The first-order valence-corrected chi connectivity index (χ1v) is 5.09. The fourth-order valence-electron chi connectivity index (χ4n) is 1.44. The van der Waals surface area contributed by atoms with Crippen LogP contribution in [-0.2, 0) is 0 Å². The largest absolute Gasteiger partial charge is 0.457 e. The number of nitrogen functional groups attached to an aromatic ring is 1. The van der Waals surface area contributed by atoms with Crippen molar-refractivity contribution in [3.63, 3.8) is 0 Å². The predicted octanol–water partition coefficient (Wildman–Crippen LogP) is 2.16. The first-order valence-electron chi connectivity index (χ1n) is 5.09. The van der Waals surface area contributed by atoms with E-state index in [0.29, 0.717) is 17.2 Å². The molecule has 0 aliphatic carbocycles. The third kappa shape index (κ3) is 2.55. The Morgan fingerprint density at radius 2 is 1.76 bits per heavy atom. The molecule has 0 aliphatic heterocycles.